The molecule has 94 valence electrons. The van der Waals surface area contributed by atoms with Crippen LogP contribution in [0.4, 0.5) is 13.2 Å². The number of morpholine rings is 1. The van der Waals surface area contributed by atoms with Crippen LogP contribution < -0.4 is 5.32 Å². The number of nitrogens with zero attached hydrogens (tertiary/aromatic N) is 1. The van der Waals surface area contributed by atoms with Crippen LogP contribution in [0.1, 0.15) is 24.2 Å². The Kier molecular flexibility index (Phi) is 3.35. The molecule has 0 saturated carbocycles. The van der Waals surface area contributed by atoms with E-state index in [0.29, 0.717) is 18.8 Å². The zero-order valence-corrected chi connectivity index (χ0v) is 9.29. The third kappa shape index (κ3) is 2.95. The van der Waals surface area contributed by atoms with Gasteiger partial charge in [0, 0.05) is 12.2 Å². The molecule has 0 spiro atoms. The van der Waals surface area contributed by atoms with Crippen LogP contribution in [0.2, 0.25) is 0 Å². The molecule has 0 aliphatic carbocycles. The second-order valence-electron chi connectivity index (χ2n) is 4.13. The van der Waals surface area contributed by atoms with Gasteiger partial charge in [0.25, 0.3) is 0 Å². The van der Waals surface area contributed by atoms with Crippen LogP contribution in [0.3, 0.4) is 0 Å². The summed E-state index contributed by atoms with van der Waals surface area (Å²) in [6.45, 7) is 3.03. The third-order valence-electron chi connectivity index (χ3n) is 2.62. The second kappa shape index (κ2) is 4.62. The SMILES string of the molecule is C[C@H]1COC[C@@H](c2ccc(C(F)(F)F)nc2)N1. The van der Waals surface area contributed by atoms with E-state index in [1.54, 1.807) is 0 Å². The highest BCUT2D eigenvalue weighted by Crippen LogP contribution is 2.28. The van der Waals surface area contributed by atoms with E-state index in [0.717, 1.165) is 6.07 Å². The van der Waals surface area contributed by atoms with Crippen LogP contribution in [0.15, 0.2) is 18.3 Å². The van der Waals surface area contributed by atoms with Gasteiger partial charge in [-0.05, 0) is 18.6 Å². The fourth-order valence-electron chi connectivity index (χ4n) is 1.77. The van der Waals surface area contributed by atoms with Gasteiger partial charge in [0.05, 0.1) is 19.3 Å². The highest BCUT2D eigenvalue weighted by Gasteiger charge is 2.32. The molecule has 0 aromatic carbocycles. The first-order valence-electron chi connectivity index (χ1n) is 5.34. The van der Waals surface area contributed by atoms with Crippen molar-refractivity contribution in [3.05, 3.63) is 29.6 Å². The van der Waals surface area contributed by atoms with E-state index >= 15 is 0 Å². The van der Waals surface area contributed by atoms with E-state index in [1.807, 2.05) is 6.92 Å². The molecule has 1 saturated heterocycles. The minimum Gasteiger partial charge on any atom is -0.378 e. The summed E-state index contributed by atoms with van der Waals surface area (Å²) in [5, 5.41) is 3.24. The molecule has 1 aliphatic heterocycles. The molecule has 0 unspecified atom stereocenters. The number of hydrogen-bond acceptors (Lipinski definition) is 3. The van der Waals surface area contributed by atoms with Crippen molar-refractivity contribution in [2.75, 3.05) is 13.2 Å². The number of pyridine rings is 1. The fraction of sp³-hybridized carbons (Fsp3) is 0.545. The first kappa shape index (κ1) is 12.3. The molecule has 2 rings (SSSR count). The average molecular weight is 246 g/mol. The minimum absolute atomic E-state index is 0.0893. The van der Waals surface area contributed by atoms with Gasteiger partial charge in [0.2, 0.25) is 0 Å². The smallest absolute Gasteiger partial charge is 0.378 e. The standard InChI is InChI=1S/C11H13F3N2O/c1-7-5-17-6-9(16-7)8-2-3-10(15-4-8)11(12,13)14/h2-4,7,9,16H,5-6H2,1H3/t7-,9-/m0/s1. The van der Waals surface area contributed by atoms with Gasteiger partial charge in [0.1, 0.15) is 5.69 Å². The van der Waals surface area contributed by atoms with Gasteiger partial charge in [0.15, 0.2) is 0 Å². The lowest BCUT2D eigenvalue weighted by atomic mass is 10.1. The quantitative estimate of drug-likeness (QED) is 0.824. The maximum atomic E-state index is 12.3. The molecule has 6 heteroatoms. The fourth-order valence-corrected chi connectivity index (χ4v) is 1.77. The molecule has 1 N–H and O–H groups in total. The molecule has 2 atom stereocenters. The summed E-state index contributed by atoms with van der Waals surface area (Å²) in [5.74, 6) is 0. The summed E-state index contributed by atoms with van der Waals surface area (Å²) in [4.78, 5) is 3.43. The summed E-state index contributed by atoms with van der Waals surface area (Å²) < 4.78 is 42.3. The molecule has 0 amide bonds. The first-order chi connectivity index (χ1) is 7.97. The minimum atomic E-state index is -4.39. The molecule has 1 fully saturated rings. The van der Waals surface area contributed by atoms with Crippen molar-refractivity contribution in [1.29, 1.82) is 0 Å². The molecule has 1 aromatic rings. The highest BCUT2D eigenvalue weighted by atomic mass is 19.4. The van der Waals surface area contributed by atoms with Crippen molar-refractivity contribution in [2.24, 2.45) is 0 Å². The van der Waals surface area contributed by atoms with Crippen molar-refractivity contribution in [3.8, 4) is 0 Å². The van der Waals surface area contributed by atoms with Gasteiger partial charge >= 0.3 is 6.18 Å². The lowest BCUT2D eigenvalue weighted by Crippen LogP contribution is -2.41. The van der Waals surface area contributed by atoms with Crippen LogP contribution in [0.25, 0.3) is 0 Å². The topological polar surface area (TPSA) is 34.1 Å². The Bertz CT molecular complexity index is 377. The van der Waals surface area contributed by atoms with Crippen LogP contribution in [-0.4, -0.2) is 24.2 Å². The van der Waals surface area contributed by atoms with Gasteiger partial charge < -0.3 is 10.1 Å². The maximum absolute atomic E-state index is 12.3. The van der Waals surface area contributed by atoms with Crippen LogP contribution in [0, 0.1) is 0 Å². The maximum Gasteiger partial charge on any atom is 0.433 e. The van der Waals surface area contributed by atoms with Gasteiger partial charge in [-0.1, -0.05) is 6.07 Å². The number of aromatic nitrogens is 1. The zero-order chi connectivity index (χ0) is 12.5. The van der Waals surface area contributed by atoms with Gasteiger partial charge in [-0.2, -0.15) is 13.2 Å². The Balaban J connectivity index is 2.12. The predicted octanol–water partition coefficient (Wildman–Crippen LogP) is 2.15. The van der Waals surface area contributed by atoms with Gasteiger partial charge in [-0.3, -0.25) is 4.98 Å². The van der Waals surface area contributed by atoms with E-state index in [-0.39, 0.29) is 12.1 Å². The Morgan fingerprint density at radius 3 is 2.65 bits per heavy atom. The van der Waals surface area contributed by atoms with Crippen molar-refractivity contribution < 1.29 is 17.9 Å². The number of hydrogen-bond donors (Lipinski definition) is 1. The molecule has 3 nitrogen and oxygen atoms in total. The third-order valence-corrected chi connectivity index (χ3v) is 2.62. The number of halogens is 3. The van der Waals surface area contributed by atoms with Crippen LogP contribution >= 0.6 is 0 Å². The van der Waals surface area contributed by atoms with E-state index in [1.165, 1.54) is 12.3 Å². The van der Waals surface area contributed by atoms with Crippen molar-refractivity contribution in [3.63, 3.8) is 0 Å². The molecule has 2 heterocycles. The summed E-state index contributed by atoms with van der Waals surface area (Å²) in [5.41, 5.74) is -0.157. The zero-order valence-electron chi connectivity index (χ0n) is 9.29. The van der Waals surface area contributed by atoms with E-state index in [2.05, 4.69) is 10.3 Å². The Labute approximate surface area is 97.0 Å². The average Bonchev–Trinajstić information content (AvgIpc) is 2.28. The van der Waals surface area contributed by atoms with Crippen molar-refractivity contribution >= 4 is 0 Å². The van der Waals surface area contributed by atoms with Gasteiger partial charge in [-0.15, -0.1) is 0 Å². The Morgan fingerprint density at radius 2 is 2.12 bits per heavy atom. The summed E-state index contributed by atoms with van der Waals surface area (Å²) in [7, 11) is 0. The number of nitrogens with one attached hydrogen (secondary N) is 1. The molecular formula is C11H13F3N2O. The van der Waals surface area contributed by atoms with E-state index in [9.17, 15) is 13.2 Å². The largest absolute Gasteiger partial charge is 0.433 e. The highest BCUT2D eigenvalue weighted by molar-refractivity contribution is 5.20. The lowest BCUT2D eigenvalue weighted by Gasteiger charge is -2.29. The van der Waals surface area contributed by atoms with Crippen molar-refractivity contribution in [1.82, 2.24) is 10.3 Å². The monoisotopic (exact) mass is 246 g/mol. The van der Waals surface area contributed by atoms with Crippen molar-refractivity contribution in [2.45, 2.75) is 25.2 Å². The number of rotatable bonds is 1. The Hall–Kier alpha value is -1.14. The van der Waals surface area contributed by atoms with Crippen LogP contribution in [0.5, 0.6) is 0 Å². The van der Waals surface area contributed by atoms with E-state index < -0.39 is 11.9 Å². The second-order valence-corrected chi connectivity index (χ2v) is 4.13. The molecule has 1 aliphatic rings. The molecule has 0 bridgehead atoms. The first-order valence-corrected chi connectivity index (χ1v) is 5.34. The molecule has 0 radical (unpaired) electrons. The molecular weight excluding hydrogens is 233 g/mol. The summed E-state index contributed by atoms with van der Waals surface area (Å²) >= 11 is 0. The normalized spacial score (nSPS) is 25.9. The lowest BCUT2D eigenvalue weighted by molar-refractivity contribution is -0.141. The number of alkyl halides is 3. The number of ether oxygens (including phenoxy) is 1. The molecule has 1 aromatic heterocycles. The Morgan fingerprint density at radius 1 is 1.35 bits per heavy atom. The predicted molar refractivity (Wildman–Crippen MR) is 55.4 cm³/mol. The van der Waals surface area contributed by atoms with E-state index in [4.69, 9.17) is 4.74 Å². The summed E-state index contributed by atoms with van der Waals surface area (Å²) in [6, 6.07) is 2.54. The summed E-state index contributed by atoms with van der Waals surface area (Å²) in [6.07, 6.45) is -3.13. The molecule has 17 heavy (non-hydrogen) atoms. The van der Waals surface area contributed by atoms with Gasteiger partial charge in [-0.25, -0.2) is 0 Å². The van der Waals surface area contributed by atoms with Crippen LogP contribution in [-0.2, 0) is 10.9 Å².